The average Bonchev–Trinajstić information content (AvgIpc) is 2.03. The molecule has 0 saturated carbocycles. The molecule has 0 aliphatic carbocycles. The van der Waals surface area contributed by atoms with Gasteiger partial charge < -0.3 is 4.74 Å². The SMILES string of the molecule is CC=CCCCOCC=CC. The first-order valence-corrected chi connectivity index (χ1v) is 4.22. The van der Waals surface area contributed by atoms with Crippen LogP contribution < -0.4 is 0 Å². The minimum atomic E-state index is 0.756. The maximum atomic E-state index is 5.30. The molecule has 0 aromatic rings. The summed E-state index contributed by atoms with van der Waals surface area (Å²) in [6.45, 7) is 5.67. The van der Waals surface area contributed by atoms with E-state index in [1.54, 1.807) is 0 Å². The second kappa shape index (κ2) is 9.44. The highest BCUT2D eigenvalue weighted by atomic mass is 16.5. The monoisotopic (exact) mass is 154 g/mol. The quantitative estimate of drug-likeness (QED) is 0.422. The molecule has 0 radical (unpaired) electrons. The Morgan fingerprint density at radius 2 is 1.82 bits per heavy atom. The van der Waals surface area contributed by atoms with Gasteiger partial charge in [-0.2, -0.15) is 0 Å². The number of rotatable bonds is 6. The van der Waals surface area contributed by atoms with Crippen molar-refractivity contribution in [1.29, 1.82) is 0 Å². The van der Waals surface area contributed by atoms with Gasteiger partial charge >= 0.3 is 0 Å². The van der Waals surface area contributed by atoms with Crippen LogP contribution in [-0.2, 0) is 4.74 Å². The van der Waals surface area contributed by atoms with Gasteiger partial charge in [-0.25, -0.2) is 0 Å². The molecule has 0 aromatic carbocycles. The molecule has 1 heteroatoms. The zero-order chi connectivity index (χ0) is 8.36. The third-order valence-electron chi connectivity index (χ3n) is 1.34. The number of unbranched alkanes of at least 4 members (excludes halogenated alkanes) is 1. The van der Waals surface area contributed by atoms with Gasteiger partial charge in [-0.1, -0.05) is 24.3 Å². The van der Waals surface area contributed by atoms with Gasteiger partial charge in [-0.05, 0) is 26.7 Å². The van der Waals surface area contributed by atoms with E-state index in [1.165, 1.54) is 0 Å². The maximum Gasteiger partial charge on any atom is 0.0647 e. The summed E-state index contributed by atoms with van der Waals surface area (Å²) in [5.41, 5.74) is 0. The molecular formula is C10H18O. The van der Waals surface area contributed by atoms with Gasteiger partial charge in [0, 0.05) is 6.61 Å². The topological polar surface area (TPSA) is 9.23 Å². The molecule has 0 N–H and O–H groups in total. The Kier molecular flexibility index (Phi) is 8.96. The molecular weight excluding hydrogens is 136 g/mol. The fourth-order valence-corrected chi connectivity index (χ4v) is 0.718. The van der Waals surface area contributed by atoms with Gasteiger partial charge in [0.15, 0.2) is 0 Å². The second-order valence-electron chi connectivity index (χ2n) is 2.36. The summed E-state index contributed by atoms with van der Waals surface area (Å²) in [5, 5.41) is 0. The van der Waals surface area contributed by atoms with Gasteiger partial charge in [0.25, 0.3) is 0 Å². The standard InChI is InChI=1S/C10H18O/c1-3-5-7-8-10-11-9-6-4-2/h3-6H,7-10H2,1-2H3. The summed E-state index contributed by atoms with van der Waals surface area (Å²) in [5.74, 6) is 0. The average molecular weight is 154 g/mol. The van der Waals surface area contributed by atoms with Crippen molar-refractivity contribution >= 4 is 0 Å². The van der Waals surface area contributed by atoms with Gasteiger partial charge in [-0.15, -0.1) is 0 Å². The van der Waals surface area contributed by atoms with Crippen molar-refractivity contribution in [3.05, 3.63) is 24.3 Å². The van der Waals surface area contributed by atoms with Crippen LogP contribution in [0.5, 0.6) is 0 Å². The number of hydrogen-bond acceptors (Lipinski definition) is 1. The van der Waals surface area contributed by atoms with Crippen LogP contribution in [0.4, 0.5) is 0 Å². The van der Waals surface area contributed by atoms with Crippen molar-refractivity contribution in [1.82, 2.24) is 0 Å². The molecule has 0 bridgehead atoms. The van der Waals surface area contributed by atoms with Crippen LogP contribution in [0, 0.1) is 0 Å². The lowest BCUT2D eigenvalue weighted by Gasteiger charge is -1.97. The first-order chi connectivity index (χ1) is 5.41. The normalized spacial score (nSPS) is 11.8. The Bertz CT molecular complexity index is 100. The molecule has 11 heavy (non-hydrogen) atoms. The molecule has 0 aromatic heterocycles. The zero-order valence-electron chi connectivity index (χ0n) is 7.55. The lowest BCUT2D eigenvalue weighted by Crippen LogP contribution is -1.92. The smallest absolute Gasteiger partial charge is 0.0647 e. The van der Waals surface area contributed by atoms with E-state index < -0.39 is 0 Å². The highest BCUT2D eigenvalue weighted by Gasteiger charge is 1.82. The van der Waals surface area contributed by atoms with Crippen molar-refractivity contribution in [3.63, 3.8) is 0 Å². The van der Waals surface area contributed by atoms with E-state index in [2.05, 4.69) is 12.2 Å². The van der Waals surface area contributed by atoms with E-state index in [4.69, 9.17) is 4.74 Å². The molecule has 0 saturated heterocycles. The van der Waals surface area contributed by atoms with Gasteiger partial charge in [0.2, 0.25) is 0 Å². The predicted octanol–water partition coefficient (Wildman–Crippen LogP) is 2.94. The van der Waals surface area contributed by atoms with Crippen LogP contribution in [0.25, 0.3) is 0 Å². The number of ether oxygens (including phenoxy) is 1. The second-order valence-corrected chi connectivity index (χ2v) is 2.36. The molecule has 0 unspecified atom stereocenters. The fraction of sp³-hybridized carbons (Fsp3) is 0.600. The van der Waals surface area contributed by atoms with Crippen molar-refractivity contribution in [2.24, 2.45) is 0 Å². The first kappa shape index (κ1) is 10.4. The van der Waals surface area contributed by atoms with E-state index in [0.29, 0.717) is 0 Å². The van der Waals surface area contributed by atoms with E-state index in [0.717, 1.165) is 26.1 Å². The van der Waals surface area contributed by atoms with Gasteiger partial charge in [0.05, 0.1) is 6.61 Å². The number of allylic oxidation sites excluding steroid dienone is 3. The Morgan fingerprint density at radius 1 is 1.09 bits per heavy atom. The van der Waals surface area contributed by atoms with Crippen LogP contribution in [-0.4, -0.2) is 13.2 Å². The Balaban J connectivity index is 2.90. The van der Waals surface area contributed by atoms with E-state index in [1.807, 2.05) is 26.0 Å². The summed E-state index contributed by atoms with van der Waals surface area (Å²) >= 11 is 0. The first-order valence-electron chi connectivity index (χ1n) is 4.22. The Labute approximate surface area is 69.8 Å². The van der Waals surface area contributed by atoms with Crippen molar-refractivity contribution in [3.8, 4) is 0 Å². The van der Waals surface area contributed by atoms with E-state index in [-0.39, 0.29) is 0 Å². The predicted molar refractivity (Wildman–Crippen MR) is 49.7 cm³/mol. The van der Waals surface area contributed by atoms with E-state index in [9.17, 15) is 0 Å². The molecule has 64 valence electrons. The molecule has 0 fully saturated rings. The Morgan fingerprint density at radius 3 is 2.45 bits per heavy atom. The lowest BCUT2D eigenvalue weighted by atomic mass is 10.3. The summed E-state index contributed by atoms with van der Waals surface area (Å²) in [6, 6.07) is 0. The summed E-state index contributed by atoms with van der Waals surface area (Å²) < 4.78 is 5.30. The molecule has 1 nitrogen and oxygen atoms in total. The molecule has 0 heterocycles. The molecule has 0 amide bonds. The highest BCUT2D eigenvalue weighted by Crippen LogP contribution is 1.91. The van der Waals surface area contributed by atoms with Crippen LogP contribution in [0.2, 0.25) is 0 Å². The van der Waals surface area contributed by atoms with Crippen LogP contribution >= 0.6 is 0 Å². The minimum Gasteiger partial charge on any atom is -0.377 e. The van der Waals surface area contributed by atoms with Gasteiger partial charge in [0.1, 0.15) is 0 Å². The van der Waals surface area contributed by atoms with Crippen LogP contribution in [0.3, 0.4) is 0 Å². The van der Waals surface area contributed by atoms with Gasteiger partial charge in [-0.3, -0.25) is 0 Å². The molecule has 0 aliphatic rings. The largest absolute Gasteiger partial charge is 0.377 e. The molecule has 0 atom stereocenters. The fourth-order valence-electron chi connectivity index (χ4n) is 0.718. The highest BCUT2D eigenvalue weighted by molar-refractivity contribution is 4.77. The molecule has 0 rings (SSSR count). The van der Waals surface area contributed by atoms with Crippen molar-refractivity contribution in [2.75, 3.05) is 13.2 Å². The lowest BCUT2D eigenvalue weighted by molar-refractivity contribution is 0.160. The summed E-state index contributed by atoms with van der Waals surface area (Å²) in [7, 11) is 0. The Hall–Kier alpha value is -0.560. The van der Waals surface area contributed by atoms with Crippen LogP contribution in [0.15, 0.2) is 24.3 Å². The molecule has 0 spiro atoms. The number of hydrogen-bond donors (Lipinski definition) is 0. The summed E-state index contributed by atoms with van der Waals surface area (Å²) in [6.07, 6.45) is 10.5. The van der Waals surface area contributed by atoms with Crippen molar-refractivity contribution in [2.45, 2.75) is 26.7 Å². The minimum absolute atomic E-state index is 0.756. The van der Waals surface area contributed by atoms with E-state index >= 15 is 0 Å². The molecule has 0 aliphatic heterocycles. The van der Waals surface area contributed by atoms with Crippen molar-refractivity contribution < 1.29 is 4.74 Å². The maximum absolute atomic E-state index is 5.30. The van der Waals surface area contributed by atoms with Crippen LogP contribution in [0.1, 0.15) is 26.7 Å². The zero-order valence-corrected chi connectivity index (χ0v) is 7.55. The summed E-state index contributed by atoms with van der Waals surface area (Å²) in [4.78, 5) is 0. The third-order valence-corrected chi connectivity index (χ3v) is 1.34. The third kappa shape index (κ3) is 9.44.